The van der Waals surface area contributed by atoms with Crippen LogP contribution >= 0.6 is 0 Å². The van der Waals surface area contributed by atoms with E-state index in [9.17, 15) is 9.59 Å². The molecule has 0 saturated carbocycles. The fourth-order valence-electron chi connectivity index (χ4n) is 4.96. The molecule has 1 amide bonds. The SMILES string of the molecule is CC(=O)c1c(C2CCN(C(=O)c3ncn[nH]3)CC2)nc2c(-c3ccc(C4=NC=CC4)nc3)cnn2c1N. The van der Waals surface area contributed by atoms with Gasteiger partial charge in [0.2, 0.25) is 5.82 Å². The Kier molecular flexibility index (Phi) is 5.55. The summed E-state index contributed by atoms with van der Waals surface area (Å²) in [5.74, 6) is 0.0672. The lowest BCUT2D eigenvalue weighted by molar-refractivity contribution is 0.0699. The molecule has 3 N–H and O–H groups in total. The largest absolute Gasteiger partial charge is 0.383 e. The minimum absolute atomic E-state index is 0.0406. The maximum Gasteiger partial charge on any atom is 0.291 e. The highest BCUT2D eigenvalue weighted by atomic mass is 16.2. The standard InChI is InChI=1S/C25H24N10O2/c1-14(36)20-21(15-6-9-34(10-7-15)25(37)23-29-13-30-33-23)32-24-17(12-31-35(24)22(20)26)16-4-5-19(28-11-16)18-3-2-8-27-18/h2,4-5,8,11-13,15H,3,6-7,9-10,26H2,1H3,(H,29,30,33). The third kappa shape index (κ3) is 3.96. The third-order valence-electron chi connectivity index (χ3n) is 6.87. The normalized spacial score (nSPS) is 15.9. The van der Waals surface area contributed by atoms with Gasteiger partial charge < -0.3 is 10.6 Å². The molecule has 12 nitrogen and oxygen atoms in total. The van der Waals surface area contributed by atoms with Crippen LogP contribution in [0.4, 0.5) is 5.82 Å². The number of Topliss-reactive ketones (excluding diaryl/α,β-unsaturated/α-hetero) is 1. The van der Waals surface area contributed by atoms with Crippen molar-refractivity contribution in [3.8, 4) is 11.1 Å². The molecule has 186 valence electrons. The molecule has 0 radical (unpaired) electrons. The van der Waals surface area contributed by atoms with Crippen LogP contribution in [0.5, 0.6) is 0 Å². The smallest absolute Gasteiger partial charge is 0.291 e. The highest BCUT2D eigenvalue weighted by Gasteiger charge is 2.31. The predicted molar refractivity (Wildman–Crippen MR) is 135 cm³/mol. The van der Waals surface area contributed by atoms with Crippen LogP contribution in [0.3, 0.4) is 0 Å². The average Bonchev–Trinajstić information content (AvgIpc) is 3.70. The van der Waals surface area contributed by atoms with Crippen molar-refractivity contribution in [2.45, 2.75) is 32.1 Å². The lowest BCUT2D eigenvalue weighted by Crippen LogP contribution is -2.39. The van der Waals surface area contributed by atoms with Gasteiger partial charge in [-0.15, -0.1) is 0 Å². The Hall–Kier alpha value is -4.74. The molecule has 6 heterocycles. The van der Waals surface area contributed by atoms with Gasteiger partial charge in [-0.1, -0.05) is 12.1 Å². The molecule has 4 aromatic rings. The van der Waals surface area contributed by atoms with Gasteiger partial charge in [-0.2, -0.15) is 14.7 Å². The molecule has 0 atom stereocenters. The van der Waals surface area contributed by atoms with Crippen molar-refractivity contribution in [1.29, 1.82) is 0 Å². The number of carbonyl (C=O) groups is 2. The molecule has 0 spiro atoms. The van der Waals surface area contributed by atoms with Gasteiger partial charge in [-0.05, 0) is 25.8 Å². The molecule has 0 aromatic carbocycles. The number of allylic oxidation sites excluding steroid dienone is 1. The number of piperidine rings is 1. The number of aromatic nitrogens is 7. The summed E-state index contributed by atoms with van der Waals surface area (Å²) in [6.45, 7) is 2.49. The van der Waals surface area contributed by atoms with Crippen LogP contribution in [0, 0.1) is 0 Å². The van der Waals surface area contributed by atoms with E-state index in [0.29, 0.717) is 42.8 Å². The molecule has 12 heteroatoms. The Morgan fingerprint density at radius 2 is 1.97 bits per heavy atom. The minimum Gasteiger partial charge on any atom is -0.383 e. The molecule has 6 rings (SSSR count). The Labute approximate surface area is 211 Å². The highest BCUT2D eigenvalue weighted by Crippen LogP contribution is 2.34. The number of hydrogen-bond acceptors (Lipinski definition) is 9. The summed E-state index contributed by atoms with van der Waals surface area (Å²) in [6.07, 6.45) is 10.6. The fraction of sp³-hybridized carbons (Fsp3) is 0.280. The number of nitrogen functional groups attached to an aromatic ring is 1. The number of anilines is 1. The van der Waals surface area contributed by atoms with E-state index < -0.39 is 0 Å². The van der Waals surface area contributed by atoms with E-state index in [1.54, 1.807) is 23.5 Å². The number of nitrogens with two attached hydrogens (primary N) is 1. The summed E-state index contributed by atoms with van der Waals surface area (Å²) < 4.78 is 1.51. The zero-order valence-corrected chi connectivity index (χ0v) is 20.1. The number of nitrogens with zero attached hydrogens (tertiary/aromatic N) is 8. The van der Waals surface area contributed by atoms with E-state index in [2.05, 4.69) is 30.3 Å². The molecular weight excluding hydrogens is 472 g/mol. The lowest BCUT2D eigenvalue weighted by Gasteiger charge is -2.32. The van der Waals surface area contributed by atoms with Crippen molar-refractivity contribution in [3.05, 3.63) is 65.9 Å². The molecule has 0 aliphatic carbocycles. The summed E-state index contributed by atoms with van der Waals surface area (Å²) in [5, 5.41) is 10.8. The first-order chi connectivity index (χ1) is 18.0. The fourth-order valence-corrected chi connectivity index (χ4v) is 4.96. The van der Waals surface area contributed by atoms with Gasteiger partial charge in [0.1, 0.15) is 12.1 Å². The third-order valence-corrected chi connectivity index (χ3v) is 6.87. The Morgan fingerprint density at radius 1 is 1.14 bits per heavy atom. The van der Waals surface area contributed by atoms with E-state index in [-0.39, 0.29) is 29.3 Å². The van der Waals surface area contributed by atoms with Crippen LogP contribution < -0.4 is 5.73 Å². The minimum atomic E-state index is -0.195. The molecule has 2 aliphatic heterocycles. The topological polar surface area (TPSA) is 160 Å². The van der Waals surface area contributed by atoms with E-state index in [4.69, 9.17) is 10.7 Å². The zero-order valence-electron chi connectivity index (χ0n) is 20.1. The van der Waals surface area contributed by atoms with Gasteiger partial charge in [-0.3, -0.25) is 24.7 Å². The lowest BCUT2D eigenvalue weighted by atomic mass is 9.89. The second kappa shape index (κ2) is 9.04. The maximum absolute atomic E-state index is 12.7. The van der Waals surface area contributed by atoms with Gasteiger partial charge in [0.05, 0.1) is 28.9 Å². The number of nitrogens with one attached hydrogen (secondary N) is 1. The van der Waals surface area contributed by atoms with E-state index in [0.717, 1.165) is 29.0 Å². The first kappa shape index (κ1) is 22.7. The van der Waals surface area contributed by atoms with E-state index in [1.165, 1.54) is 17.8 Å². The summed E-state index contributed by atoms with van der Waals surface area (Å²) in [6, 6.07) is 3.89. The summed E-state index contributed by atoms with van der Waals surface area (Å²) in [4.78, 5) is 44.9. The van der Waals surface area contributed by atoms with Crippen LogP contribution in [-0.2, 0) is 0 Å². The van der Waals surface area contributed by atoms with Crippen LogP contribution in [0.2, 0.25) is 0 Å². The number of H-pyrrole nitrogens is 1. The molecule has 1 fully saturated rings. The molecule has 0 bridgehead atoms. The summed E-state index contributed by atoms with van der Waals surface area (Å²) >= 11 is 0. The number of aliphatic imine (C=N–C) groups is 1. The second-order valence-electron chi connectivity index (χ2n) is 9.10. The van der Waals surface area contributed by atoms with Gasteiger partial charge in [0, 0.05) is 49.0 Å². The zero-order chi connectivity index (χ0) is 25.5. The van der Waals surface area contributed by atoms with Crippen LogP contribution in [0.25, 0.3) is 16.8 Å². The van der Waals surface area contributed by atoms with Crippen LogP contribution in [0.15, 0.2) is 48.1 Å². The number of aromatic amines is 1. The van der Waals surface area contributed by atoms with Crippen molar-refractivity contribution in [2.75, 3.05) is 18.8 Å². The number of rotatable bonds is 5. The van der Waals surface area contributed by atoms with Gasteiger partial charge in [-0.25, -0.2) is 9.97 Å². The Balaban J connectivity index is 1.33. The Bertz CT molecular complexity index is 1560. The summed E-state index contributed by atoms with van der Waals surface area (Å²) in [5.41, 5.74) is 11.4. The summed E-state index contributed by atoms with van der Waals surface area (Å²) in [7, 11) is 0. The molecule has 1 saturated heterocycles. The number of carbonyl (C=O) groups excluding carboxylic acids is 2. The van der Waals surface area contributed by atoms with Gasteiger partial charge in [0.25, 0.3) is 5.91 Å². The van der Waals surface area contributed by atoms with Gasteiger partial charge >= 0.3 is 0 Å². The maximum atomic E-state index is 12.7. The Morgan fingerprint density at radius 3 is 2.62 bits per heavy atom. The van der Waals surface area contributed by atoms with Crippen LogP contribution in [0.1, 0.15) is 64.5 Å². The molecule has 2 aliphatic rings. The molecule has 0 unspecified atom stereocenters. The van der Waals surface area contributed by atoms with E-state index >= 15 is 0 Å². The highest BCUT2D eigenvalue weighted by molar-refractivity contribution is 6.02. The number of ketones is 1. The average molecular weight is 497 g/mol. The van der Waals surface area contributed by atoms with Crippen molar-refractivity contribution in [3.63, 3.8) is 0 Å². The van der Waals surface area contributed by atoms with Crippen molar-refractivity contribution >= 4 is 28.9 Å². The molecule has 37 heavy (non-hydrogen) atoms. The number of fused-ring (bicyclic) bond motifs is 1. The van der Waals surface area contributed by atoms with Crippen molar-refractivity contribution < 1.29 is 9.59 Å². The quantitative estimate of drug-likeness (QED) is 0.398. The van der Waals surface area contributed by atoms with Crippen LogP contribution in [-0.4, -0.2) is 70.2 Å². The first-order valence-corrected chi connectivity index (χ1v) is 12.0. The number of likely N-dealkylation sites (tertiary alicyclic amines) is 1. The monoisotopic (exact) mass is 496 g/mol. The second-order valence-corrected chi connectivity index (χ2v) is 9.10. The van der Waals surface area contributed by atoms with E-state index in [1.807, 2.05) is 18.2 Å². The number of amides is 1. The van der Waals surface area contributed by atoms with Gasteiger partial charge in [0.15, 0.2) is 11.4 Å². The number of hydrogen-bond donors (Lipinski definition) is 2. The molecule has 4 aromatic heterocycles. The van der Waals surface area contributed by atoms with Crippen molar-refractivity contribution in [1.82, 2.24) is 39.7 Å². The number of pyridine rings is 1. The first-order valence-electron chi connectivity index (χ1n) is 12.0. The van der Waals surface area contributed by atoms with Crippen molar-refractivity contribution in [2.24, 2.45) is 4.99 Å². The predicted octanol–water partition coefficient (Wildman–Crippen LogP) is 2.42. The molecular formula is C25H24N10O2.